The Bertz CT molecular complexity index is 1000. The van der Waals surface area contributed by atoms with E-state index in [0.29, 0.717) is 21.6 Å². The molecule has 3 aromatic rings. The lowest BCUT2D eigenvalue weighted by Gasteiger charge is -2.09. The minimum absolute atomic E-state index is 0.248. The third kappa shape index (κ3) is 3.98. The Morgan fingerprint density at radius 3 is 2.30 bits per heavy atom. The number of hydrogen-bond acceptors (Lipinski definition) is 9. The van der Waals surface area contributed by atoms with Crippen LogP contribution in [0, 0.1) is 27.2 Å². The highest BCUT2D eigenvalue weighted by Gasteiger charge is 2.19. The number of aryl methyl sites for hydroxylation is 1. The lowest BCUT2D eigenvalue weighted by atomic mass is 10.2. The molecular formula is C16H13N5O5S. The van der Waals surface area contributed by atoms with Gasteiger partial charge in [-0.05, 0) is 24.6 Å². The predicted molar refractivity (Wildman–Crippen MR) is 99.7 cm³/mol. The first kappa shape index (κ1) is 18.2. The largest absolute Gasteiger partial charge is 0.495 e. The molecule has 0 bridgehead atoms. The van der Waals surface area contributed by atoms with Crippen LogP contribution in [0.25, 0.3) is 10.6 Å². The molecule has 2 aromatic carbocycles. The third-order valence-electron chi connectivity index (χ3n) is 3.59. The fraction of sp³-hybridized carbons (Fsp3) is 0.125. The summed E-state index contributed by atoms with van der Waals surface area (Å²) < 4.78 is 5.29. The van der Waals surface area contributed by atoms with Crippen LogP contribution in [0.4, 0.5) is 22.2 Å². The molecular weight excluding hydrogens is 374 g/mol. The molecule has 138 valence electrons. The van der Waals surface area contributed by atoms with Gasteiger partial charge >= 0.3 is 0 Å². The van der Waals surface area contributed by atoms with Crippen molar-refractivity contribution in [1.82, 2.24) is 10.2 Å². The third-order valence-corrected chi connectivity index (χ3v) is 4.48. The predicted octanol–water partition coefficient (Wildman–Crippen LogP) is 4.08. The molecule has 11 heteroatoms. The van der Waals surface area contributed by atoms with Crippen LogP contribution in [0.2, 0.25) is 0 Å². The minimum Gasteiger partial charge on any atom is -0.495 e. The molecule has 0 aliphatic rings. The second kappa shape index (κ2) is 7.33. The molecule has 0 fully saturated rings. The Hall–Kier alpha value is -3.60. The molecule has 3 rings (SSSR count). The second-order valence-electron chi connectivity index (χ2n) is 5.49. The smallest absolute Gasteiger partial charge is 0.277 e. The number of nitro benzene ring substituents is 2. The van der Waals surface area contributed by atoms with Crippen LogP contribution in [0.15, 0.2) is 36.4 Å². The van der Waals surface area contributed by atoms with Crippen molar-refractivity contribution in [3.05, 3.63) is 62.2 Å². The molecule has 0 spiro atoms. The highest BCUT2D eigenvalue weighted by molar-refractivity contribution is 7.18. The zero-order chi connectivity index (χ0) is 19.6. The first-order valence-electron chi connectivity index (χ1n) is 7.57. The van der Waals surface area contributed by atoms with Gasteiger partial charge in [0.2, 0.25) is 5.13 Å². The van der Waals surface area contributed by atoms with E-state index in [1.807, 2.05) is 25.1 Å². The van der Waals surface area contributed by atoms with E-state index in [1.165, 1.54) is 12.1 Å². The summed E-state index contributed by atoms with van der Waals surface area (Å²) in [7, 11) is 1.55. The quantitative estimate of drug-likeness (QED) is 0.494. The fourth-order valence-corrected chi connectivity index (χ4v) is 3.10. The lowest BCUT2D eigenvalue weighted by Crippen LogP contribution is -1.94. The zero-order valence-electron chi connectivity index (χ0n) is 14.2. The fourth-order valence-electron chi connectivity index (χ4n) is 2.35. The second-order valence-corrected chi connectivity index (χ2v) is 6.47. The van der Waals surface area contributed by atoms with Crippen LogP contribution in [0.5, 0.6) is 5.75 Å². The van der Waals surface area contributed by atoms with Gasteiger partial charge in [-0.3, -0.25) is 20.2 Å². The van der Waals surface area contributed by atoms with E-state index in [1.54, 1.807) is 7.11 Å². The minimum atomic E-state index is -0.686. The van der Waals surface area contributed by atoms with Gasteiger partial charge in [0.25, 0.3) is 11.4 Å². The maximum Gasteiger partial charge on any atom is 0.277 e. The summed E-state index contributed by atoms with van der Waals surface area (Å²) in [4.78, 5) is 20.7. The standard InChI is InChI=1S/C16H13N5O5S/c1-9-3-4-14(26-2)13(5-9)17-16-19-18-15(27-16)10-6-11(20(22)23)8-12(7-10)21(24)25/h3-8H,1-2H3,(H,17,19). The van der Waals surface area contributed by atoms with E-state index < -0.39 is 9.85 Å². The summed E-state index contributed by atoms with van der Waals surface area (Å²) in [5, 5.41) is 33.9. The van der Waals surface area contributed by atoms with Gasteiger partial charge < -0.3 is 10.1 Å². The van der Waals surface area contributed by atoms with Crippen LogP contribution in [-0.4, -0.2) is 27.2 Å². The average molecular weight is 387 g/mol. The SMILES string of the molecule is COc1ccc(C)cc1Nc1nnc(-c2cc([N+](=O)[O-])cc([N+](=O)[O-])c2)s1. The van der Waals surface area contributed by atoms with E-state index >= 15 is 0 Å². The van der Waals surface area contributed by atoms with Gasteiger partial charge in [-0.1, -0.05) is 17.4 Å². The number of aromatic nitrogens is 2. The molecule has 0 amide bonds. The number of nitro groups is 2. The van der Waals surface area contributed by atoms with E-state index in [-0.39, 0.29) is 16.9 Å². The molecule has 0 aliphatic carbocycles. The van der Waals surface area contributed by atoms with Crippen molar-refractivity contribution in [2.75, 3.05) is 12.4 Å². The first-order chi connectivity index (χ1) is 12.9. The number of nitrogens with one attached hydrogen (secondary N) is 1. The van der Waals surface area contributed by atoms with Crippen LogP contribution in [0.3, 0.4) is 0 Å². The Kier molecular flexibility index (Phi) is 4.94. The number of methoxy groups -OCH3 is 1. The molecule has 1 heterocycles. The number of rotatable bonds is 6. The molecule has 1 aromatic heterocycles. The van der Waals surface area contributed by atoms with Crippen molar-refractivity contribution >= 4 is 33.5 Å². The van der Waals surface area contributed by atoms with E-state index in [0.717, 1.165) is 23.0 Å². The Morgan fingerprint density at radius 2 is 1.70 bits per heavy atom. The van der Waals surface area contributed by atoms with Gasteiger partial charge in [-0.2, -0.15) is 0 Å². The van der Waals surface area contributed by atoms with E-state index in [2.05, 4.69) is 15.5 Å². The van der Waals surface area contributed by atoms with Crippen molar-refractivity contribution in [2.45, 2.75) is 6.92 Å². The van der Waals surface area contributed by atoms with Crippen LogP contribution in [0.1, 0.15) is 5.56 Å². The highest BCUT2D eigenvalue weighted by Crippen LogP contribution is 2.35. The van der Waals surface area contributed by atoms with Crippen molar-refractivity contribution in [3.63, 3.8) is 0 Å². The number of ether oxygens (including phenoxy) is 1. The van der Waals surface area contributed by atoms with E-state index in [9.17, 15) is 20.2 Å². The van der Waals surface area contributed by atoms with Gasteiger partial charge in [0.15, 0.2) is 0 Å². The van der Waals surface area contributed by atoms with E-state index in [4.69, 9.17) is 4.74 Å². The summed E-state index contributed by atoms with van der Waals surface area (Å²) >= 11 is 1.11. The van der Waals surface area contributed by atoms with Crippen molar-refractivity contribution in [3.8, 4) is 16.3 Å². The van der Waals surface area contributed by atoms with Gasteiger partial charge in [0.1, 0.15) is 10.8 Å². The number of anilines is 2. The maximum atomic E-state index is 11.0. The molecule has 0 atom stereocenters. The summed E-state index contributed by atoms with van der Waals surface area (Å²) in [5.74, 6) is 0.614. The first-order valence-corrected chi connectivity index (χ1v) is 8.38. The van der Waals surface area contributed by atoms with Gasteiger partial charge in [0.05, 0.1) is 28.7 Å². The topological polar surface area (TPSA) is 133 Å². The molecule has 0 aliphatic heterocycles. The van der Waals surface area contributed by atoms with Crippen molar-refractivity contribution in [2.24, 2.45) is 0 Å². The molecule has 0 unspecified atom stereocenters. The van der Waals surface area contributed by atoms with Crippen LogP contribution >= 0.6 is 11.3 Å². The summed E-state index contributed by atoms with van der Waals surface area (Å²) in [6.07, 6.45) is 0. The number of hydrogen-bond donors (Lipinski definition) is 1. The molecule has 10 nitrogen and oxygen atoms in total. The van der Waals surface area contributed by atoms with Gasteiger partial charge in [-0.25, -0.2) is 0 Å². The van der Waals surface area contributed by atoms with Crippen LogP contribution < -0.4 is 10.1 Å². The average Bonchev–Trinajstić information content (AvgIpc) is 3.10. The molecule has 0 saturated heterocycles. The van der Waals surface area contributed by atoms with Crippen molar-refractivity contribution in [1.29, 1.82) is 0 Å². The number of non-ortho nitro benzene ring substituents is 2. The molecule has 0 radical (unpaired) electrons. The maximum absolute atomic E-state index is 11.0. The van der Waals surface area contributed by atoms with Gasteiger partial charge in [0, 0.05) is 17.7 Å². The summed E-state index contributed by atoms with van der Waals surface area (Å²) in [6, 6.07) is 8.94. The Morgan fingerprint density at radius 1 is 1.04 bits per heavy atom. The Balaban J connectivity index is 1.96. The highest BCUT2D eigenvalue weighted by atomic mass is 32.1. The molecule has 27 heavy (non-hydrogen) atoms. The number of nitrogens with zero attached hydrogens (tertiary/aromatic N) is 4. The van der Waals surface area contributed by atoms with Gasteiger partial charge in [-0.15, -0.1) is 10.2 Å². The monoisotopic (exact) mass is 387 g/mol. The normalized spacial score (nSPS) is 10.4. The summed E-state index contributed by atoms with van der Waals surface area (Å²) in [6.45, 7) is 1.93. The summed E-state index contributed by atoms with van der Waals surface area (Å²) in [5.41, 5.74) is 1.17. The molecule has 1 N–H and O–H groups in total. The lowest BCUT2D eigenvalue weighted by molar-refractivity contribution is -0.394. The zero-order valence-corrected chi connectivity index (χ0v) is 15.0. The van der Waals surface area contributed by atoms with Crippen molar-refractivity contribution < 1.29 is 14.6 Å². The van der Waals surface area contributed by atoms with Crippen LogP contribution in [-0.2, 0) is 0 Å². The molecule has 0 saturated carbocycles. The Labute approximate surface area is 156 Å². The number of benzene rings is 2.